The highest BCUT2D eigenvalue weighted by Gasteiger charge is 2.19. The quantitative estimate of drug-likeness (QED) is 0.854. The molecule has 1 aromatic carbocycles. The average Bonchev–Trinajstić information content (AvgIpc) is 2.62. The molecule has 1 atom stereocenters. The third-order valence-corrected chi connectivity index (χ3v) is 2.48. The van der Waals surface area contributed by atoms with Crippen molar-refractivity contribution in [2.45, 2.75) is 12.8 Å². The van der Waals surface area contributed by atoms with Crippen LogP contribution in [0.5, 0.6) is 0 Å². The fourth-order valence-corrected chi connectivity index (χ4v) is 1.64. The highest BCUT2D eigenvalue weighted by atomic mass is 35.5. The predicted octanol–water partition coefficient (Wildman–Crippen LogP) is 2.67. The van der Waals surface area contributed by atoms with Gasteiger partial charge in [0, 0.05) is 10.6 Å². The number of halogens is 1. The third-order valence-electron chi connectivity index (χ3n) is 2.26. The van der Waals surface area contributed by atoms with Gasteiger partial charge in [-0.2, -0.15) is 0 Å². The zero-order valence-electron chi connectivity index (χ0n) is 7.90. The molecule has 1 aromatic heterocycles. The molecule has 0 spiro atoms. The number of hydrogen-bond acceptors (Lipinski definition) is 3. The molecule has 4 nitrogen and oxygen atoms in total. The van der Waals surface area contributed by atoms with E-state index >= 15 is 0 Å². The molecular formula is C10H8ClNO3. The van der Waals surface area contributed by atoms with Crippen LogP contribution in [0.3, 0.4) is 0 Å². The van der Waals surface area contributed by atoms with Crippen LogP contribution in [0.15, 0.2) is 22.9 Å². The molecule has 0 amide bonds. The number of carboxylic acids is 1. The van der Waals surface area contributed by atoms with Gasteiger partial charge in [-0.15, -0.1) is 0 Å². The second kappa shape index (κ2) is 3.55. The lowest BCUT2D eigenvalue weighted by Gasteiger charge is -2.06. The largest absolute Gasteiger partial charge is 0.481 e. The Balaban J connectivity index is 2.67. The molecule has 0 radical (unpaired) electrons. The molecular weight excluding hydrogens is 218 g/mol. The molecule has 0 bridgehead atoms. The van der Waals surface area contributed by atoms with Crippen LogP contribution >= 0.6 is 11.6 Å². The van der Waals surface area contributed by atoms with Crippen LogP contribution in [0.4, 0.5) is 0 Å². The topological polar surface area (TPSA) is 63.3 Å². The van der Waals surface area contributed by atoms with Crippen LogP contribution in [0, 0.1) is 0 Å². The van der Waals surface area contributed by atoms with E-state index in [4.69, 9.17) is 21.1 Å². The summed E-state index contributed by atoms with van der Waals surface area (Å²) in [6.45, 7) is 1.58. The molecule has 15 heavy (non-hydrogen) atoms. The van der Waals surface area contributed by atoms with E-state index in [-0.39, 0.29) is 0 Å². The van der Waals surface area contributed by atoms with Gasteiger partial charge in [0.1, 0.15) is 5.52 Å². The smallest absolute Gasteiger partial charge is 0.310 e. The number of aromatic nitrogens is 1. The van der Waals surface area contributed by atoms with Crippen molar-refractivity contribution >= 4 is 28.7 Å². The van der Waals surface area contributed by atoms with Crippen molar-refractivity contribution in [2.75, 3.05) is 0 Å². The highest BCUT2D eigenvalue weighted by Crippen LogP contribution is 2.28. The molecule has 0 aliphatic carbocycles. The van der Waals surface area contributed by atoms with Crippen LogP contribution in [0.2, 0.25) is 5.02 Å². The van der Waals surface area contributed by atoms with E-state index in [1.54, 1.807) is 19.1 Å². The third kappa shape index (κ3) is 1.68. The minimum atomic E-state index is -0.921. The number of nitrogens with zero attached hydrogens (tertiary/aromatic N) is 1. The van der Waals surface area contributed by atoms with Gasteiger partial charge in [0.15, 0.2) is 12.0 Å². The first kappa shape index (κ1) is 9.98. The summed E-state index contributed by atoms with van der Waals surface area (Å²) in [5, 5.41) is 9.38. The Morgan fingerprint density at radius 1 is 1.60 bits per heavy atom. The molecule has 0 aliphatic heterocycles. The monoisotopic (exact) mass is 225 g/mol. The second-order valence-electron chi connectivity index (χ2n) is 3.26. The van der Waals surface area contributed by atoms with Crippen LogP contribution < -0.4 is 0 Å². The zero-order valence-corrected chi connectivity index (χ0v) is 8.65. The van der Waals surface area contributed by atoms with Crippen molar-refractivity contribution in [2.24, 2.45) is 0 Å². The summed E-state index contributed by atoms with van der Waals surface area (Å²) in [7, 11) is 0. The van der Waals surface area contributed by atoms with E-state index in [9.17, 15) is 4.79 Å². The molecule has 5 heteroatoms. The summed E-state index contributed by atoms with van der Waals surface area (Å²) < 4.78 is 5.14. The molecule has 1 heterocycles. The lowest BCUT2D eigenvalue weighted by atomic mass is 10.0. The van der Waals surface area contributed by atoms with Crippen molar-refractivity contribution in [3.8, 4) is 0 Å². The summed E-state index contributed by atoms with van der Waals surface area (Å²) in [6.07, 6.45) is 1.28. The average molecular weight is 226 g/mol. The van der Waals surface area contributed by atoms with Gasteiger partial charge in [-0.1, -0.05) is 11.6 Å². The highest BCUT2D eigenvalue weighted by molar-refractivity contribution is 6.31. The number of rotatable bonds is 2. The normalized spacial score (nSPS) is 12.9. The Hall–Kier alpha value is -1.55. The summed E-state index contributed by atoms with van der Waals surface area (Å²) in [5.41, 5.74) is 1.60. The molecule has 0 fully saturated rings. The summed E-state index contributed by atoms with van der Waals surface area (Å²) in [5.74, 6) is -1.59. The lowest BCUT2D eigenvalue weighted by Crippen LogP contribution is -2.07. The maximum atomic E-state index is 10.9. The molecule has 0 saturated heterocycles. The van der Waals surface area contributed by atoms with Gasteiger partial charge < -0.3 is 9.52 Å². The van der Waals surface area contributed by atoms with E-state index in [0.717, 1.165) is 0 Å². The molecule has 2 aromatic rings. The summed E-state index contributed by atoms with van der Waals surface area (Å²) in [4.78, 5) is 14.8. The Morgan fingerprint density at radius 3 is 3.00 bits per heavy atom. The maximum absolute atomic E-state index is 10.9. The first-order chi connectivity index (χ1) is 7.09. The SMILES string of the molecule is CC(C(=O)O)c1cc(Cl)cc2ncoc12. The fourth-order valence-electron chi connectivity index (χ4n) is 1.41. The van der Waals surface area contributed by atoms with Crippen molar-refractivity contribution in [3.63, 3.8) is 0 Å². The Labute approximate surface area is 90.5 Å². The van der Waals surface area contributed by atoms with E-state index in [0.29, 0.717) is 21.7 Å². The zero-order chi connectivity index (χ0) is 11.0. The minimum absolute atomic E-state index is 0.458. The number of carbonyl (C=O) groups is 1. The Morgan fingerprint density at radius 2 is 2.33 bits per heavy atom. The Kier molecular flexibility index (Phi) is 2.36. The molecule has 78 valence electrons. The molecule has 0 aliphatic rings. The van der Waals surface area contributed by atoms with Crippen LogP contribution in [0.25, 0.3) is 11.1 Å². The second-order valence-corrected chi connectivity index (χ2v) is 3.69. The summed E-state index contributed by atoms with van der Waals surface area (Å²) >= 11 is 5.85. The maximum Gasteiger partial charge on any atom is 0.310 e. The van der Waals surface area contributed by atoms with Crippen molar-refractivity contribution in [1.82, 2.24) is 4.98 Å². The first-order valence-electron chi connectivity index (χ1n) is 4.35. The van der Waals surface area contributed by atoms with Crippen LogP contribution in [-0.2, 0) is 4.79 Å². The number of carboxylic acid groups (broad SMARTS) is 1. The van der Waals surface area contributed by atoms with E-state index in [1.165, 1.54) is 6.39 Å². The Bertz CT molecular complexity index is 520. The number of fused-ring (bicyclic) bond motifs is 1. The van der Waals surface area contributed by atoms with E-state index in [1.807, 2.05) is 0 Å². The first-order valence-corrected chi connectivity index (χ1v) is 4.73. The standard InChI is InChI=1S/C10H8ClNO3/c1-5(10(13)14)7-2-6(11)3-8-9(7)15-4-12-8/h2-5H,1H3,(H,13,14). The van der Waals surface area contributed by atoms with Gasteiger partial charge in [0.05, 0.1) is 5.92 Å². The van der Waals surface area contributed by atoms with Gasteiger partial charge in [0.2, 0.25) is 0 Å². The minimum Gasteiger partial charge on any atom is -0.481 e. The summed E-state index contributed by atoms with van der Waals surface area (Å²) in [6, 6.07) is 3.23. The van der Waals surface area contributed by atoms with E-state index in [2.05, 4.69) is 4.98 Å². The number of aliphatic carboxylic acids is 1. The van der Waals surface area contributed by atoms with Crippen LogP contribution in [0.1, 0.15) is 18.4 Å². The molecule has 0 saturated carbocycles. The van der Waals surface area contributed by atoms with Gasteiger partial charge in [-0.05, 0) is 19.1 Å². The predicted molar refractivity (Wildman–Crippen MR) is 55.1 cm³/mol. The van der Waals surface area contributed by atoms with Gasteiger partial charge in [-0.3, -0.25) is 4.79 Å². The molecule has 1 N–H and O–H groups in total. The number of hydrogen-bond donors (Lipinski definition) is 1. The number of benzene rings is 1. The van der Waals surface area contributed by atoms with Gasteiger partial charge >= 0.3 is 5.97 Å². The van der Waals surface area contributed by atoms with Crippen molar-refractivity contribution < 1.29 is 14.3 Å². The van der Waals surface area contributed by atoms with Gasteiger partial charge in [-0.25, -0.2) is 4.98 Å². The van der Waals surface area contributed by atoms with Crippen molar-refractivity contribution in [3.05, 3.63) is 29.1 Å². The molecule has 2 rings (SSSR count). The number of oxazole rings is 1. The molecule has 1 unspecified atom stereocenters. The van der Waals surface area contributed by atoms with Crippen molar-refractivity contribution in [1.29, 1.82) is 0 Å². The van der Waals surface area contributed by atoms with Gasteiger partial charge in [0.25, 0.3) is 0 Å². The lowest BCUT2D eigenvalue weighted by molar-refractivity contribution is -0.138. The fraction of sp³-hybridized carbons (Fsp3) is 0.200. The van der Waals surface area contributed by atoms with Crippen LogP contribution in [-0.4, -0.2) is 16.1 Å². The van der Waals surface area contributed by atoms with E-state index < -0.39 is 11.9 Å².